The van der Waals surface area contributed by atoms with Crippen LogP contribution in [0.15, 0.2) is 16.5 Å². The Labute approximate surface area is 91.8 Å². The lowest BCUT2D eigenvalue weighted by atomic mass is 9.82. The predicted molar refractivity (Wildman–Crippen MR) is 61.8 cm³/mol. The van der Waals surface area contributed by atoms with E-state index in [1.54, 1.807) is 0 Å². The molecule has 0 atom stereocenters. The molecule has 1 aliphatic carbocycles. The van der Waals surface area contributed by atoms with Gasteiger partial charge < -0.3 is 10.2 Å². The van der Waals surface area contributed by atoms with Gasteiger partial charge in [0.15, 0.2) is 0 Å². The van der Waals surface area contributed by atoms with Gasteiger partial charge in [0.25, 0.3) is 0 Å². The van der Waals surface area contributed by atoms with Crippen LogP contribution in [0.2, 0.25) is 0 Å². The number of furan rings is 1. The Morgan fingerprint density at radius 3 is 2.67 bits per heavy atom. The van der Waals surface area contributed by atoms with E-state index in [2.05, 4.69) is 19.1 Å². The quantitative estimate of drug-likeness (QED) is 0.827. The van der Waals surface area contributed by atoms with Gasteiger partial charge in [0.05, 0.1) is 0 Å². The standard InChI is InChI=1S/C13H21NO/c1-10-2-4-11(5-3-10)13-7-6-12(15-13)8-9-14/h6-7,10-11H,2-5,8-9,14H2,1H3. The van der Waals surface area contributed by atoms with Crippen molar-refractivity contribution in [2.45, 2.75) is 44.9 Å². The third kappa shape index (κ3) is 2.63. The molecule has 0 spiro atoms. The normalized spacial score (nSPS) is 26.8. The van der Waals surface area contributed by atoms with Crippen molar-refractivity contribution in [3.05, 3.63) is 23.7 Å². The van der Waals surface area contributed by atoms with Crippen LogP contribution in [0, 0.1) is 5.92 Å². The molecule has 1 saturated carbocycles. The zero-order valence-electron chi connectivity index (χ0n) is 9.54. The highest BCUT2D eigenvalue weighted by Crippen LogP contribution is 2.36. The summed E-state index contributed by atoms with van der Waals surface area (Å²) in [7, 11) is 0. The monoisotopic (exact) mass is 207 g/mol. The lowest BCUT2D eigenvalue weighted by Gasteiger charge is -2.24. The van der Waals surface area contributed by atoms with Crippen LogP contribution in [0.5, 0.6) is 0 Å². The second-order valence-corrected chi connectivity index (χ2v) is 4.80. The van der Waals surface area contributed by atoms with Crippen LogP contribution < -0.4 is 5.73 Å². The third-order valence-corrected chi connectivity index (χ3v) is 3.49. The number of hydrogen-bond acceptors (Lipinski definition) is 2. The van der Waals surface area contributed by atoms with Gasteiger partial charge in [-0.3, -0.25) is 0 Å². The summed E-state index contributed by atoms with van der Waals surface area (Å²) in [4.78, 5) is 0. The van der Waals surface area contributed by atoms with Crippen LogP contribution in [-0.4, -0.2) is 6.54 Å². The molecule has 0 saturated heterocycles. The van der Waals surface area contributed by atoms with E-state index in [9.17, 15) is 0 Å². The maximum atomic E-state index is 5.82. The molecule has 1 aliphatic rings. The summed E-state index contributed by atoms with van der Waals surface area (Å²) < 4.78 is 5.82. The van der Waals surface area contributed by atoms with Crippen LogP contribution in [0.25, 0.3) is 0 Å². The molecule has 2 heteroatoms. The fourth-order valence-corrected chi connectivity index (χ4v) is 2.44. The van der Waals surface area contributed by atoms with E-state index in [1.807, 2.05) is 0 Å². The molecule has 84 valence electrons. The van der Waals surface area contributed by atoms with Crippen molar-refractivity contribution in [3.63, 3.8) is 0 Å². The Hall–Kier alpha value is -0.760. The molecule has 1 fully saturated rings. The first-order valence-corrected chi connectivity index (χ1v) is 6.08. The molecule has 2 rings (SSSR count). The topological polar surface area (TPSA) is 39.2 Å². The molecule has 1 aromatic heterocycles. The highest BCUT2D eigenvalue weighted by Gasteiger charge is 2.21. The summed E-state index contributed by atoms with van der Waals surface area (Å²) in [5, 5.41) is 0. The zero-order chi connectivity index (χ0) is 10.7. The first-order chi connectivity index (χ1) is 7.29. The predicted octanol–water partition coefficient (Wildman–Crippen LogP) is 3.07. The van der Waals surface area contributed by atoms with E-state index >= 15 is 0 Å². The number of hydrogen-bond donors (Lipinski definition) is 1. The van der Waals surface area contributed by atoms with Gasteiger partial charge in [-0.2, -0.15) is 0 Å². The largest absolute Gasteiger partial charge is 0.466 e. The maximum Gasteiger partial charge on any atom is 0.107 e. The highest BCUT2D eigenvalue weighted by molar-refractivity contribution is 5.12. The van der Waals surface area contributed by atoms with E-state index in [-0.39, 0.29) is 0 Å². The minimum atomic E-state index is 0.660. The van der Waals surface area contributed by atoms with E-state index in [0.717, 1.165) is 18.1 Å². The summed E-state index contributed by atoms with van der Waals surface area (Å²) >= 11 is 0. The second kappa shape index (κ2) is 4.84. The van der Waals surface area contributed by atoms with Crippen LogP contribution in [0.1, 0.15) is 50.0 Å². The van der Waals surface area contributed by atoms with Crippen LogP contribution in [-0.2, 0) is 6.42 Å². The molecule has 0 radical (unpaired) electrons. The molecule has 0 aromatic carbocycles. The van der Waals surface area contributed by atoms with E-state index < -0.39 is 0 Å². The van der Waals surface area contributed by atoms with Gasteiger partial charge in [-0.25, -0.2) is 0 Å². The number of rotatable bonds is 3. The Bertz CT molecular complexity index is 297. The molecule has 0 aliphatic heterocycles. The van der Waals surface area contributed by atoms with E-state index in [1.165, 1.54) is 31.4 Å². The summed E-state index contributed by atoms with van der Waals surface area (Å²) in [6.45, 7) is 3.02. The Kier molecular flexibility index (Phi) is 3.47. The highest BCUT2D eigenvalue weighted by atomic mass is 16.3. The lowest BCUT2D eigenvalue weighted by molar-refractivity contribution is 0.309. The van der Waals surface area contributed by atoms with Crippen molar-refractivity contribution in [1.29, 1.82) is 0 Å². The third-order valence-electron chi connectivity index (χ3n) is 3.49. The summed E-state index contributed by atoms with van der Waals surface area (Å²) in [5.41, 5.74) is 5.51. The zero-order valence-corrected chi connectivity index (χ0v) is 9.54. The molecular formula is C13H21NO. The fraction of sp³-hybridized carbons (Fsp3) is 0.692. The summed E-state index contributed by atoms with van der Waals surface area (Å²) in [5.74, 6) is 3.80. The van der Waals surface area contributed by atoms with Crippen molar-refractivity contribution in [1.82, 2.24) is 0 Å². The van der Waals surface area contributed by atoms with Crippen LogP contribution in [0.3, 0.4) is 0 Å². The SMILES string of the molecule is CC1CCC(c2ccc(CCN)o2)CC1. The maximum absolute atomic E-state index is 5.82. The average molecular weight is 207 g/mol. The summed E-state index contributed by atoms with van der Waals surface area (Å²) in [6.07, 6.45) is 6.13. The molecule has 1 aromatic rings. The Morgan fingerprint density at radius 2 is 2.00 bits per heavy atom. The van der Waals surface area contributed by atoms with Crippen molar-refractivity contribution in [2.75, 3.05) is 6.54 Å². The van der Waals surface area contributed by atoms with Gasteiger partial charge in [0.1, 0.15) is 11.5 Å². The molecule has 15 heavy (non-hydrogen) atoms. The van der Waals surface area contributed by atoms with Gasteiger partial charge >= 0.3 is 0 Å². The Morgan fingerprint density at radius 1 is 1.27 bits per heavy atom. The minimum absolute atomic E-state index is 0.660. The molecular weight excluding hydrogens is 186 g/mol. The number of nitrogens with two attached hydrogens (primary N) is 1. The first kappa shape index (κ1) is 10.7. The van der Waals surface area contributed by atoms with Crippen molar-refractivity contribution >= 4 is 0 Å². The van der Waals surface area contributed by atoms with Gasteiger partial charge in [-0.05, 0) is 37.4 Å². The van der Waals surface area contributed by atoms with Gasteiger partial charge in [0.2, 0.25) is 0 Å². The first-order valence-electron chi connectivity index (χ1n) is 6.08. The Balaban J connectivity index is 1.96. The average Bonchev–Trinajstić information content (AvgIpc) is 2.68. The van der Waals surface area contributed by atoms with E-state index in [4.69, 9.17) is 10.2 Å². The van der Waals surface area contributed by atoms with Crippen LogP contribution in [0.4, 0.5) is 0 Å². The van der Waals surface area contributed by atoms with E-state index in [0.29, 0.717) is 12.5 Å². The lowest BCUT2D eigenvalue weighted by Crippen LogP contribution is -2.10. The smallest absolute Gasteiger partial charge is 0.107 e. The molecule has 0 amide bonds. The van der Waals surface area contributed by atoms with Crippen molar-refractivity contribution in [3.8, 4) is 0 Å². The molecule has 0 unspecified atom stereocenters. The molecule has 2 N–H and O–H groups in total. The van der Waals surface area contributed by atoms with Crippen molar-refractivity contribution in [2.24, 2.45) is 11.7 Å². The molecule has 2 nitrogen and oxygen atoms in total. The van der Waals surface area contributed by atoms with Gasteiger partial charge in [-0.1, -0.05) is 19.8 Å². The summed E-state index contributed by atoms with van der Waals surface area (Å²) in [6, 6.07) is 4.23. The van der Waals surface area contributed by atoms with Crippen molar-refractivity contribution < 1.29 is 4.42 Å². The minimum Gasteiger partial charge on any atom is -0.466 e. The second-order valence-electron chi connectivity index (χ2n) is 4.80. The van der Waals surface area contributed by atoms with Crippen LogP contribution >= 0.6 is 0 Å². The molecule has 0 bridgehead atoms. The fourth-order valence-electron chi connectivity index (χ4n) is 2.44. The van der Waals surface area contributed by atoms with Gasteiger partial charge in [-0.15, -0.1) is 0 Å². The molecule has 1 heterocycles. The van der Waals surface area contributed by atoms with Gasteiger partial charge in [0, 0.05) is 12.3 Å².